The van der Waals surface area contributed by atoms with Crippen LogP contribution in [0.25, 0.3) is 0 Å². The Bertz CT molecular complexity index is 2310. The molecule has 13 nitrogen and oxygen atoms in total. The van der Waals surface area contributed by atoms with Crippen molar-refractivity contribution in [3.63, 3.8) is 0 Å². The molecule has 4 N–H and O–H groups in total. The highest BCUT2D eigenvalue weighted by molar-refractivity contribution is 7.81. The molecule has 18 heteroatoms. The average molecular weight is 865 g/mol. The average Bonchev–Trinajstić information content (AvgIpc) is 3.92. The molecule has 0 bridgehead atoms. The molecule has 3 heterocycles. The number of hydrogen-bond acceptors (Lipinski definition) is 10. The lowest BCUT2D eigenvalue weighted by atomic mass is 9.98. The van der Waals surface area contributed by atoms with Crippen molar-refractivity contribution in [3.8, 4) is 11.8 Å². The summed E-state index contributed by atoms with van der Waals surface area (Å²) in [7, 11) is 0. The Balaban J connectivity index is 1.01. The third kappa shape index (κ3) is 8.25. The predicted molar refractivity (Wildman–Crippen MR) is 222 cm³/mol. The minimum atomic E-state index is -4.81. The zero-order valence-corrected chi connectivity index (χ0v) is 34.8. The molecule has 0 aromatic heterocycles. The van der Waals surface area contributed by atoms with Gasteiger partial charge in [-0.1, -0.05) is 18.5 Å². The van der Waals surface area contributed by atoms with E-state index < -0.39 is 52.6 Å². The van der Waals surface area contributed by atoms with E-state index in [1.807, 2.05) is 13.0 Å². The van der Waals surface area contributed by atoms with Crippen molar-refractivity contribution in [2.75, 3.05) is 47.9 Å². The number of imide groups is 1. The van der Waals surface area contributed by atoms with Gasteiger partial charge in [-0.05, 0) is 117 Å². The van der Waals surface area contributed by atoms with Gasteiger partial charge in [0.05, 0.1) is 22.9 Å². The number of benzene rings is 3. The number of ether oxygens (including phenoxy) is 1. The lowest BCUT2D eigenvalue weighted by molar-refractivity contribution is -0.138. The first-order valence-electron chi connectivity index (χ1n) is 19.6. The van der Waals surface area contributed by atoms with Gasteiger partial charge in [-0.25, -0.2) is 0 Å². The van der Waals surface area contributed by atoms with Crippen LogP contribution in [0.15, 0.2) is 54.6 Å². The van der Waals surface area contributed by atoms with Gasteiger partial charge in [-0.2, -0.15) is 18.4 Å². The molecule has 3 saturated heterocycles. The molecule has 4 aliphatic rings. The highest BCUT2D eigenvalue weighted by Crippen LogP contribution is 2.49. The van der Waals surface area contributed by atoms with Crippen LogP contribution in [0.1, 0.15) is 74.8 Å². The van der Waals surface area contributed by atoms with E-state index in [1.165, 1.54) is 6.07 Å². The van der Waals surface area contributed by atoms with E-state index in [9.17, 15) is 37.6 Å². The van der Waals surface area contributed by atoms with Crippen molar-refractivity contribution in [3.05, 3.63) is 81.9 Å². The molecule has 2 atom stereocenters. The van der Waals surface area contributed by atoms with Gasteiger partial charge in [0, 0.05) is 54.5 Å². The Labute approximate surface area is 355 Å². The third-order valence-corrected chi connectivity index (χ3v) is 12.3. The van der Waals surface area contributed by atoms with Gasteiger partial charge in [-0.15, -0.1) is 0 Å². The predicted octanol–water partition coefficient (Wildman–Crippen LogP) is 5.68. The van der Waals surface area contributed by atoms with E-state index in [-0.39, 0.29) is 28.7 Å². The number of piperazine rings is 1. The summed E-state index contributed by atoms with van der Waals surface area (Å²) in [6, 6.07) is 13.9. The number of nitrogens with zero attached hydrogens (tertiary/aromatic N) is 5. The minimum absolute atomic E-state index is 0.00460. The second-order valence-electron chi connectivity index (χ2n) is 16.1. The highest BCUT2D eigenvalue weighted by atomic mass is 35.5. The van der Waals surface area contributed by atoms with Gasteiger partial charge < -0.3 is 20.7 Å². The van der Waals surface area contributed by atoms with Gasteiger partial charge in [0.25, 0.3) is 5.91 Å². The van der Waals surface area contributed by atoms with Gasteiger partial charge in [-0.3, -0.25) is 39.2 Å². The lowest BCUT2D eigenvalue weighted by Gasteiger charge is -2.45. The number of nitrogens with two attached hydrogens (primary N) is 1. The molecule has 3 aromatic carbocycles. The quantitative estimate of drug-likeness (QED) is 0.152. The molecule has 4 fully saturated rings. The molecule has 0 radical (unpaired) electrons. The summed E-state index contributed by atoms with van der Waals surface area (Å²) < 4.78 is 47.8. The van der Waals surface area contributed by atoms with E-state index >= 15 is 0 Å². The van der Waals surface area contributed by atoms with E-state index in [0.29, 0.717) is 73.3 Å². The number of thiocarbonyl (C=S) groups is 1. The van der Waals surface area contributed by atoms with E-state index in [0.717, 1.165) is 35.4 Å². The summed E-state index contributed by atoms with van der Waals surface area (Å²) in [5, 5.41) is 15.1. The van der Waals surface area contributed by atoms with Crippen LogP contribution in [0.5, 0.6) is 5.75 Å². The first-order chi connectivity index (χ1) is 28.4. The van der Waals surface area contributed by atoms with Crippen molar-refractivity contribution in [2.24, 2.45) is 5.73 Å². The van der Waals surface area contributed by atoms with Crippen LogP contribution in [0, 0.1) is 11.3 Å². The zero-order valence-electron chi connectivity index (χ0n) is 33.2. The van der Waals surface area contributed by atoms with Crippen LogP contribution in [-0.2, 0) is 31.8 Å². The van der Waals surface area contributed by atoms with Crippen LogP contribution in [-0.4, -0.2) is 88.4 Å². The Morgan fingerprint density at radius 1 is 1.10 bits per heavy atom. The molecule has 2 unspecified atom stereocenters. The number of rotatable bonds is 12. The van der Waals surface area contributed by atoms with Gasteiger partial charge >= 0.3 is 6.18 Å². The summed E-state index contributed by atoms with van der Waals surface area (Å²) in [5.74, 6) is -1.12. The van der Waals surface area contributed by atoms with Crippen LogP contribution in [0.4, 0.5) is 30.2 Å². The van der Waals surface area contributed by atoms with E-state index in [1.54, 1.807) is 55.1 Å². The van der Waals surface area contributed by atoms with E-state index in [4.69, 9.17) is 34.3 Å². The number of aryl methyl sites for hydroxylation is 1. The molecule has 316 valence electrons. The van der Waals surface area contributed by atoms with Crippen molar-refractivity contribution in [1.82, 2.24) is 15.1 Å². The van der Waals surface area contributed by atoms with Crippen molar-refractivity contribution in [2.45, 2.75) is 82.2 Å². The standard InChI is InChI=1S/C42H44ClF3N8O5S/c1-4-24-19-30(54-39(60)53(38(58)40(54,2)3)29-6-5-25(22-47)31(21-29)42(44,45)46)7-9-33(24)59-16-15-51-13-14-52(41(23-51)11-12-41)35(36(48)56)26-17-27(43)20-28(18-26)49-32-8-10-34(55)50-37(32)57/h5-7,9,17-21,32,35,49H,4,8,10-16,23H2,1-3H3,(H2,48,56)(H,50,55,57). The molecule has 4 amide bonds. The molecule has 1 aliphatic carbocycles. The number of amides is 4. The molecule has 1 saturated carbocycles. The summed E-state index contributed by atoms with van der Waals surface area (Å²) in [6.45, 7) is 8.14. The maximum Gasteiger partial charge on any atom is 0.417 e. The number of primary amides is 1. The Morgan fingerprint density at radius 3 is 2.48 bits per heavy atom. The summed E-state index contributed by atoms with van der Waals surface area (Å²) >= 11 is 12.3. The summed E-state index contributed by atoms with van der Waals surface area (Å²) in [4.78, 5) is 58.1. The van der Waals surface area contributed by atoms with Gasteiger partial charge in [0.2, 0.25) is 17.7 Å². The normalized spacial score (nSPS) is 20.9. The zero-order chi connectivity index (χ0) is 43.3. The number of halogens is 4. The molecule has 60 heavy (non-hydrogen) atoms. The molecule has 3 aromatic rings. The van der Waals surface area contributed by atoms with Crippen molar-refractivity contribution in [1.29, 1.82) is 5.26 Å². The number of nitrogens with one attached hydrogen (secondary N) is 2. The lowest BCUT2D eigenvalue weighted by Crippen LogP contribution is -2.58. The SMILES string of the molecule is CCc1cc(N2C(=S)N(c3ccc(C#N)c(C(F)(F)F)c3)C(=O)C2(C)C)ccc1OCCN1CCN(C(C(N)=O)c2cc(Cl)cc(NC3CCC(=O)NC3=O)c2)C2(CC2)C1. The largest absolute Gasteiger partial charge is 0.492 e. The number of hydrogen-bond donors (Lipinski definition) is 3. The molecule has 1 spiro atoms. The van der Waals surface area contributed by atoms with Crippen LogP contribution in [0.3, 0.4) is 0 Å². The third-order valence-electron chi connectivity index (χ3n) is 11.7. The highest BCUT2D eigenvalue weighted by Gasteiger charge is 2.55. The maximum absolute atomic E-state index is 13.8. The Hall–Kier alpha value is -5.28. The maximum atomic E-state index is 13.8. The minimum Gasteiger partial charge on any atom is -0.492 e. The first-order valence-corrected chi connectivity index (χ1v) is 20.4. The van der Waals surface area contributed by atoms with Crippen molar-refractivity contribution >= 4 is 69.6 Å². The number of alkyl halides is 3. The second-order valence-corrected chi connectivity index (χ2v) is 16.9. The number of carbonyl (C=O) groups is 4. The molecular weight excluding hydrogens is 821 g/mol. The number of anilines is 3. The monoisotopic (exact) mass is 864 g/mol. The topological polar surface area (TPSA) is 164 Å². The fourth-order valence-corrected chi connectivity index (χ4v) is 9.27. The summed E-state index contributed by atoms with van der Waals surface area (Å²) in [5.41, 5.74) is 5.34. The van der Waals surface area contributed by atoms with Gasteiger partial charge in [0.1, 0.15) is 30.0 Å². The second kappa shape index (κ2) is 16.3. The number of nitriles is 1. The van der Waals surface area contributed by atoms with Gasteiger partial charge in [0.15, 0.2) is 5.11 Å². The smallest absolute Gasteiger partial charge is 0.417 e. The number of carbonyl (C=O) groups excluding carboxylic acids is 4. The molecular formula is C42H44ClF3N8O5S. The fraction of sp³-hybridized carbons (Fsp3) is 0.429. The summed E-state index contributed by atoms with van der Waals surface area (Å²) in [6.07, 6.45) is -1.93. The Morgan fingerprint density at radius 2 is 1.83 bits per heavy atom. The van der Waals surface area contributed by atoms with Crippen LogP contribution < -0.4 is 30.9 Å². The Kier molecular flexibility index (Phi) is 11.6. The fourth-order valence-electron chi connectivity index (χ4n) is 8.51. The van der Waals surface area contributed by atoms with Crippen molar-refractivity contribution < 1.29 is 37.1 Å². The molecule has 7 rings (SSSR count). The van der Waals surface area contributed by atoms with Crippen LogP contribution >= 0.6 is 23.8 Å². The first kappa shape index (κ1) is 42.8. The van der Waals surface area contributed by atoms with E-state index in [2.05, 4.69) is 20.4 Å². The molecule has 3 aliphatic heterocycles. The van der Waals surface area contributed by atoms with Crippen LogP contribution in [0.2, 0.25) is 5.02 Å². The number of piperidine rings is 1.